The van der Waals surface area contributed by atoms with Gasteiger partial charge in [-0.25, -0.2) is 0 Å². The fourth-order valence-electron chi connectivity index (χ4n) is 6.59. The average molecular weight is 177 g/mol. The van der Waals surface area contributed by atoms with Gasteiger partial charge in [-0.2, -0.15) is 0 Å². The van der Waals surface area contributed by atoms with Crippen molar-refractivity contribution in [2.24, 2.45) is 52.1 Å². The van der Waals surface area contributed by atoms with Gasteiger partial charge in [-0.05, 0) is 47.5 Å². The quantitative estimate of drug-likeness (QED) is 0.612. The molecule has 6 fully saturated rings. The molecule has 3 heteroatoms. The second kappa shape index (κ2) is 1.11. The van der Waals surface area contributed by atoms with Gasteiger partial charge in [0, 0.05) is 0 Å². The first-order valence-corrected chi connectivity index (χ1v) is 5.17. The zero-order chi connectivity index (χ0) is 8.75. The largest absolute Gasteiger partial charge is 0.481 e. The number of carboxylic acid groups (broad SMARTS) is 1. The lowest BCUT2D eigenvalue weighted by Gasteiger charge is -3.10. The maximum atomic E-state index is 11.1. The number of carbonyl (C=O) groups is 1. The van der Waals surface area contributed by atoms with Crippen LogP contribution in [0.25, 0.3) is 0 Å². The van der Waals surface area contributed by atoms with Gasteiger partial charge >= 0.3 is 5.97 Å². The van der Waals surface area contributed by atoms with Gasteiger partial charge in [0.25, 0.3) is 0 Å². The van der Waals surface area contributed by atoms with Gasteiger partial charge in [0.1, 0.15) is 0 Å². The van der Waals surface area contributed by atoms with Crippen LogP contribution in [0.5, 0.6) is 0 Å². The molecule has 0 spiro atoms. The van der Waals surface area contributed by atoms with Crippen molar-refractivity contribution in [3.63, 3.8) is 0 Å². The molecule has 0 aromatic rings. The number of hydrogen-bond acceptors (Lipinski definition) is 2. The van der Waals surface area contributed by atoms with E-state index in [-0.39, 0.29) is 5.41 Å². The SMILES string of the molecule is NCC12C3C4C1C1C2C3C41C(=O)O. The summed E-state index contributed by atoms with van der Waals surface area (Å²) in [6.45, 7) is 0.826. The lowest BCUT2D eigenvalue weighted by molar-refractivity contribution is -0.640. The van der Waals surface area contributed by atoms with Gasteiger partial charge in [0.15, 0.2) is 0 Å². The van der Waals surface area contributed by atoms with Crippen molar-refractivity contribution in [3.05, 3.63) is 0 Å². The molecule has 0 heterocycles. The van der Waals surface area contributed by atoms with Gasteiger partial charge in [-0.3, -0.25) is 4.79 Å². The Morgan fingerprint density at radius 1 is 1.15 bits per heavy atom. The second-order valence-electron chi connectivity index (χ2n) is 5.71. The molecule has 0 aromatic heterocycles. The third-order valence-electron chi connectivity index (χ3n) is 6.56. The molecule has 0 bridgehead atoms. The smallest absolute Gasteiger partial charge is 0.310 e. The minimum absolute atomic E-state index is 0.197. The summed E-state index contributed by atoms with van der Waals surface area (Å²) in [6.07, 6.45) is 0. The molecule has 0 radical (unpaired) electrons. The topological polar surface area (TPSA) is 63.3 Å². The van der Waals surface area contributed by atoms with Gasteiger partial charge in [0.2, 0.25) is 0 Å². The first-order chi connectivity index (χ1) is 6.24. The Labute approximate surface area is 75.3 Å². The number of carboxylic acids is 1. The van der Waals surface area contributed by atoms with Crippen LogP contribution in [0.2, 0.25) is 0 Å². The number of rotatable bonds is 2. The summed E-state index contributed by atoms with van der Waals surface area (Å²) in [5.74, 6) is 3.42. The third kappa shape index (κ3) is 0.217. The van der Waals surface area contributed by atoms with Gasteiger partial charge < -0.3 is 10.8 Å². The lowest BCUT2D eigenvalue weighted by atomic mass is 8.92. The van der Waals surface area contributed by atoms with Crippen molar-refractivity contribution in [2.45, 2.75) is 0 Å². The molecule has 0 saturated heterocycles. The van der Waals surface area contributed by atoms with Crippen LogP contribution >= 0.6 is 0 Å². The molecule has 0 aliphatic heterocycles. The second-order valence-corrected chi connectivity index (χ2v) is 5.71. The van der Waals surface area contributed by atoms with Crippen molar-refractivity contribution in [1.29, 1.82) is 0 Å². The Kier molecular flexibility index (Phi) is 0.515. The summed E-state index contributed by atoms with van der Waals surface area (Å²) in [4.78, 5) is 11.1. The van der Waals surface area contributed by atoms with E-state index in [1.165, 1.54) is 0 Å². The molecular weight excluding hydrogens is 166 g/mol. The van der Waals surface area contributed by atoms with Crippen LogP contribution in [0, 0.1) is 46.3 Å². The van der Waals surface area contributed by atoms with Crippen LogP contribution in [0.15, 0.2) is 0 Å². The molecular formula is C10H11NO2. The van der Waals surface area contributed by atoms with Crippen molar-refractivity contribution >= 4 is 5.97 Å². The summed E-state index contributed by atoms with van der Waals surface area (Å²) < 4.78 is 0. The lowest BCUT2D eigenvalue weighted by Crippen LogP contribution is -3.11. The highest BCUT2D eigenvalue weighted by Crippen LogP contribution is 3.09. The number of hydrogen-bond donors (Lipinski definition) is 2. The molecule has 6 rings (SSSR count). The van der Waals surface area contributed by atoms with E-state index in [2.05, 4.69) is 0 Å². The molecule has 3 N–H and O–H groups in total. The highest BCUT2D eigenvalue weighted by molar-refractivity contribution is 5.87. The summed E-state index contributed by atoms with van der Waals surface area (Å²) in [7, 11) is 0. The predicted molar refractivity (Wildman–Crippen MR) is 42.5 cm³/mol. The summed E-state index contributed by atoms with van der Waals surface area (Å²) in [5, 5.41) is 9.19. The Balaban J connectivity index is 1.67. The van der Waals surface area contributed by atoms with Gasteiger partial charge in [-0.1, -0.05) is 0 Å². The fraction of sp³-hybridized carbons (Fsp3) is 0.900. The van der Waals surface area contributed by atoms with E-state index in [0.29, 0.717) is 23.2 Å². The molecule has 0 aromatic carbocycles. The first kappa shape index (κ1) is 6.02. The third-order valence-corrected chi connectivity index (χ3v) is 6.56. The number of nitrogens with two attached hydrogens (primary N) is 1. The average Bonchev–Trinajstić information content (AvgIpc) is 2.16. The zero-order valence-corrected chi connectivity index (χ0v) is 7.10. The predicted octanol–water partition coefficient (Wildman–Crippen LogP) is -0.232. The summed E-state index contributed by atoms with van der Waals surface area (Å²) in [6, 6.07) is 0. The molecule has 6 aliphatic carbocycles. The Morgan fingerprint density at radius 2 is 1.62 bits per heavy atom. The standard InChI is InChI=1S/C10H11NO2/c11-1-9-2-5-3(9)7-4(9)6(2)10(5,7)8(12)13/h2-7H,1,11H2,(H,12,13). The van der Waals surface area contributed by atoms with E-state index >= 15 is 0 Å². The molecule has 6 aliphatic rings. The summed E-state index contributed by atoms with van der Waals surface area (Å²) in [5.41, 5.74) is 6.08. The zero-order valence-electron chi connectivity index (χ0n) is 7.10. The molecule has 6 saturated carbocycles. The maximum absolute atomic E-state index is 11.1. The normalized spacial score (nSPS) is 82.2. The fourth-order valence-corrected chi connectivity index (χ4v) is 6.59. The Morgan fingerprint density at radius 3 is 1.92 bits per heavy atom. The molecule has 0 amide bonds. The molecule has 13 heavy (non-hydrogen) atoms. The molecule has 0 atom stereocenters. The Bertz CT molecular complexity index is 335. The van der Waals surface area contributed by atoms with Gasteiger partial charge in [-0.15, -0.1) is 0 Å². The van der Waals surface area contributed by atoms with Gasteiger partial charge in [0.05, 0.1) is 5.41 Å². The molecule has 68 valence electrons. The monoisotopic (exact) mass is 177 g/mol. The highest BCUT2D eigenvalue weighted by Gasteiger charge is 3.11. The van der Waals surface area contributed by atoms with E-state index in [0.717, 1.165) is 24.3 Å². The van der Waals surface area contributed by atoms with E-state index in [4.69, 9.17) is 5.73 Å². The van der Waals surface area contributed by atoms with E-state index < -0.39 is 5.97 Å². The van der Waals surface area contributed by atoms with Crippen LogP contribution in [0.3, 0.4) is 0 Å². The van der Waals surface area contributed by atoms with Crippen LogP contribution < -0.4 is 5.73 Å². The van der Waals surface area contributed by atoms with Crippen molar-refractivity contribution in [1.82, 2.24) is 0 Å². The van der Waals surface area contributed by atoms with E-state index in [9.17, 15) is 9.90 Å². The summed E-state index contributed by atoms with van der Waals surface area (Å²) >= 11 is 0. The van der Waals surface area contributed by atoms with Crippen LogP contribution in [0.4, 0.5) is 0 Å². The molecule has 0 unspecified atom stereocenters. The molecule has 3 nitrogen and oxygen atoms in total. The minimum atomic E-state index is -0.499. The number of aliphatic carboxylic acids is 1. The van der Waals surface area contributed by atoms with E-state index in [1.807, 2.05) is 0 Å². The van der Waals surface area contributed by atoms with Crippen molar-refractivity contribution in [3.8, 4) is 0 Å². The van der Waals surface area contributed by atoms with Crippen LogP contribution in [0.1, 0.15) is 0 Å². The maximum Gasteiger partial charge on any atom is 0.310 e. The Hall–Kier alpha value is -0.570. The van der Waals surface area contributed by atoms with Crippen molar-refractivity contribution < 1.29 is 9.90 Å². The van der Waals surface area contributed by atoms with Crippen molar-refractivity contribution in [2.75, 3.05) is 6.54 Å². The van der Waals surface area contributed by atoms with E-state index in [1.54, 1.807) is 0 Å². The highest BCUT2D eigenvalue weighted by atomic mass is 16.4. The minimum Gasteiger partial charge on any atom is -0.481 e. The van der Waals surface area contributed by atoms with Crippen LogP contribution in [-0.2, 0) is 4.79 Å². The first-order valence-electron chi connectivity index (χ1n) is 5.17. The van der Waals surface area contributed by atoms with Crippen LogP contribution in [-0.4, -0.2) is 17.6 Å².